The molecule has 0 aliphatic heterocycles. The molecule has 2 N–H and O–H groups in total. The van der Waals surface area contributed by atoms with Gasteiger partial charge in [0.15, 0.2) is 0 Å². The highest BCUT2D eigenvalue weighted by atomic mass is 16.4. The van der Waals surface area contributed by atoms with E-state index < -0.39 is 17.4 Å². The normalized spacial score (nSPS) is 15.1. The van der Waals surface area contributed by atoms with Crippen molar-refractivity contribution in [3.8, 4) is 0 Å². The lowest BCUT2D eigenvalue weighted by Crippen LogP contribution is -2.34. The Morgan fingerprint density at radius 3 is 2.00 bits per heavy atom. The summed E-state index contributed by atoms with van der Waals surface area (Å²) in [7, 11) is 0. The van der Waals surface area contributed by atoms with Crippen LogP contribution in [0.15, 0.2) is 0 Å². The molecule has 14 heavy (non-hydrogen) atoms. The minimum Gasteiger partial charge on any atom is -0.481 e. The Morgan fingerprint density at radius 1 is 1.29 bits per heavy atom. The molecule has 0 aromatic heterocycles. The summed E-state index contributed by atoms with van der Waals surface area (Å²) in [4.78, 5) is 21.7. The third-order valence-electron chi connectivity index (χ3n) is 2.42. The maximum Gasteiger partial charge on any atom is 0.310 e. The van der Waals surface area contributed by atoms with Gasteiger partial charge in [0.05, 0.1) is 11.8 Å². The van der Waals surface area contributed by atoms with E-state index in [0.717, 1.165) is 0 Å². The molecule has 0 unspecified atom stereocenters. The predicted octanol–water partition coefficient (Wildman–Crippen LogP) is 1.99. The van der Waals surface area contributed by atoms with Crippen molar-refractivity contribution in [2.45, 2.75) is 40.0 Å². The molecule has 0 saturated heterocycles. The van der Waals surface area contributed by atoms with Crippen LogP contribution >= 0.6 is 0 Å². The molecule has 0 rings (SSSR count). The maximum atomic E-state index is 11.1. The number of carboxylic acids is 2. The molecule has 0 aromatic carbocycles. The van der Waals surface area contributed by atoms with Gasteiger partial charge in [0.25, 0.3) is 0 Å². The van der Waals surface area contributed by atoms with Crippen molar-refractivity contribution in [1.82, 2.24) is 0 Å². The monoisotopic (exact) mass is 202 g/mol. The second-order valence-corrected chi connectivity index (χ2v) is 4.11. The zero-order valence-electron chi connectivity index (χ0n) is 8.91. The lowest BCUT2D eigenvalue weighted by atomic mass is 9.75. The predicted molar refractivity (Wildman–Crippen MR) is 52.1 cm³/mol. The Bertz CT molecular complexity index is 222. The van der Waals surface area contributed by atoms with Crippen LogP contribution in [-0.2, 0) is 9.59 Å². The summed E-state index contributed by atoms with van der Waals surface area (Å²) in [5.41, 5.74) is -1.10. The number of rotatable bonds is 6. The summed E-state index contributed by atoms with van der Waals surface area (Å²) in [6.45, 7) is 5.52. The summed E-state index contributed by atoms with van der Waals surface area (Å²) >= 11 is 0. The lowest BCUT2D eigenvalue weighted by molar-refractivity contribution is -0.157. The van der Waals surface area contributed by atoms with Crippen LogP contribution in [0.4, 0.5) is 0 Å². The van der Waals surface area contributed by atoms with E-state index in [4.69, 9.17) is 10.2 Å². The van der Waals surface area contributed by atoms with Crippen molar-refractivity contribution in [2.75, 3.05) is 0 Å². The lowest BCUT2D eigenvalue weighted by Gasteiger charge is -2.28. The largest absolute Gasteiger partial charge is 0.481 e. The van der Waals surface area contributed by atoms with Gasteiger partial charge in [-0.15, -0.1) is 0 Å². The molecule has 0 saturated carbocycles. The third kappa shape index (κ3) is 3.36. The van der Waals surface area contributed by atoms with Gasteiger partial charge in [-0.3, -0.25) is 9.59 Å². The van der Waals surface area contributed by atoms with Crippen LogP contribution in [0.2, 0.25) is 0 Å². The van der Waals surface area contributed by atoms with Gasteiger partial charge >= 0.3 is 11.9 Å². The average Bonchev–Trinajstić information content (AvgIpc) is 2.00. The molecular formula is C10H18O4. The summed E-state index contributed by atoms with van der Waals surface area (Å²) in [5.74, 6) is -1.86. The molecule has 4 nitrogen and oxygen atoms in total. The molecule has 0 aliphatic carbocycles. The van der Waals surface area contributed by atoms with Crippen LogP contribution in [0.25, 0.3) is 0 Å². The molecule has 0 aliphatic rings. The van der Waals surface area contributed by atoms with E-state index in [9.17, 15) is 9.59 Å². The van der Waals surface area contributed by atoms with E-state index in [1.54, 1.807) is 6.92 Å². The highest BCUT2D eigenvalue weighted by Gasteiger charge is 2.39. The van der Waals surface area contributed by atoms with Gasteiger partial charge in [-0.1, -0.05) is 20.8 Å². The fourth-order valence-electron chi connectivity index (χ4n) is 1.73. The smallest absolute Gasteiger partial charge is 0.310 e. The molecule has 82 valence electrons. The second kappa shape index (κ2) is 4.98. The number of hydrogen-bond donors (Lipinski definition) is 2. The van der Waals surface area contributed by atoms with E-state index in [0.29, 0.717) is 12.8 Å². The van der Waals surface area contributed by atoms with Crippen molar-refractivity contribution in [3.05, 3.63) is 0 Å². The molecule has 0 aromatic rings. The molecule has 0 heterocycles. The third-order valence-corrected chi connectivity index (χ3v) is 2.42. The highest BCUT2D eigenvalue weighted by Crippen LogP contribution is 2.34. The molecule has 0 radical (unpaired) electrons. The minimum absolute atomic E-state index is 0.186. The van der Waals surface area contributed by atoms with Crippen LogP contribution in [0.3, 0.4) is 0 Å². The zero-order chi connectivity index (χ0) is 11.4. The van der Waals surface area contributed by atoms with Gasteiger partial charge < -0.3 is 10.2 Å². The first kappa shape index (κ1) is 12.9. The van der Waals surface area contributed by atoms with E-state index in [1.165, 1.54) is 0 Å². The van der Waals surface area contributed by atoms with Gasteiger partial charge in [-0.25, -0.2) is 0 Å². The second-order valence-electron chi connectivity index (χ2n) is 4.11. The molecule has 0 spiro atoms. The Balaban J connectivity index is 4.78. The Kier molecular flexibility index (Phi) is 4.60. The fourth-order valence-corrected chi connectivity index (χ4v) is 1.73. The van der Waals surface area contributed by atoms with Crippen LogP contribution in [0, 0.1) is 11.3 Å². The standard InChI is InChI=1S/C10H18O4/c1-4-10(9(13)14,5-7(2)3)6-8(11)12/h7H,4-6H2,1-3H3,(H,11,12)(H,13,14)/t10-/m1/s1. The van der Waals surface area contributed by atoms with E-state index in [-0.39, 0.29) is 12.3 Å². The maximum absolute atomic E-state index is 11.1. The molecular weight excluding hydrogens is 184 g/mol. The number of hydrogen-bond acceptors (Lipinski definition) is 2. The molecule has 0 fully saturated rings. The van der Waals surface area contributed by atoms with Gasteiger partial charge in [0.2, 0.25) is 0 Å². The van der Waals surface area contributed by atoms with Crippen molar-refractivity contribution in [1.29, 1.82) is 0 Å². The fraction of sp³-hybridized carbons (Fsp3) is 0.800. The summed E-state index contributed by atoms with van der Waals surface area (Å²) in [5, 5.41) is 17.7. The van der Waals surface area contributed by atoms with Crippen LogP contribution in [0.1, 0.15) is 40.0 Å². The van der Waals surface area contributed by atoms with Crippen LogP contribution in [0.5, 0.6) is 0 Å². The first-order chi connectivity index (χ1) is 6.34. The Morgan fingerprint density at radius 2 is 1.79 bits per heavy atom. The Labute approximate surface area is 83.9 Å². The van der Waals surface area contributed by atoms with Gasteiger partial charge in [-0.05, 0) is 18.8 Å². The summed E-state index contributed by atoms with van der Waals surface area (Å²) in [6.07, 6.45) is 0.467. The number of carboxylic acid groups (broad SMARTS) is 2. The molecule has 4 heteroatoms. The topological polar surface area (TPSA) is 74.6 Å². The van der Waals surface area contributed by atoms with Crippen molar-refractivity contribution >= 4 is 11.9 Å². The van der Waals surface area contributed by atoms with Crippen molar-refractivity contribution < 1.29 is 19.8 Å². The van der Waals surface area contributed by atoms with E-state index >= 15 is 0 Å². The first-order valence-corrected chi connectivity index (χ1v) is 4.79. The Hall–Kier alpha value is -1.06. The molecule has 0 amide bonds. The SMILES string of the molecule is CC[C@](CC(=O)O)(CC(C)C)C(=O)O. The van der Waals surface area contributed by atoms with E-state index in [1.807, 2.05) is 13.8 Å². The minimum atomic E-state index is -1.10. The van der Waals surface area contributed by atoms with Gasteiger partial charge in [0.1, 0.15) is 0 Å². The van der Waals surface area contributed by atoms with Crippen molar-refractivity contribution in [3.63, 3.8) is 0 Å². The quantitative estimate of drug-likeness (QED) is 0.690. The molecule has 1 atom stereocenters. The summed E-state index contributed by atoms with van der Waals surface area (Å²) < 4.78 is 0. The highest BCUT2D eigenvalue weighted by molar-refractivity contribution is 5.81. The van der Waals surface area contributed by atoms with Crippen LogP contribution in [-0.4, -0.2) is 22.2 Å². The number of aliphatic carboxylic acids is 2. The molecule has 0 bridgehead atoms. The van der Waals surface area contributed by atoms with Crippen molar-refractivity contribution in [2.24, 2.45) is 11.3 Å². The number of carbonyl (C=O) groups is 2. The first-order valence-electron chi connectivity index (χ1n) is 4.79. The van der Waals surface area contributed by atoms with Gasteiger partial charge in [-0.2, -0.15) is 0 Å². The van der Waals surface area contributed by atoms with E-state index in [2.05, 4.69) is 0 Å². The summed E-state index contributed by atoms with van der Waals surface area (Å²) in [6, 6.07) is 0. The zero-order valence-corrected chi connectivity index (χ0v) is 8.91. The van der Waals surface area contributed by atoms with Gasteiger partial charge in [0, 0.05) is 0 Å². The average molecular weight is 202 g/mol. The van der Waals surface area contributed by atoms with Crippen LogP contribution < -0.4 is 0 Å².